The van der Waals surface area contributed by atoms with Crippen LogP contribution in [0.3, 0.4) is 0 Å². The van der Waals surface area contributed by atoms with Crippen LogP contribution in [0.4, 0.5) is 10.1 Å². The number of carbonyl (C=O) groups excluding carboxylic acids is 2. The molecule has 1 saturated heterocycles. The fraction of sp³-hybridized carbons (Fsp3) is 0.120. The van der Waals surface area contributed by atoms with E-state index in [1.807, 2.05) is 0 Å². The van der Waals surface area contributed by atoms with Crippen molar-refractivity contribution in [2.75, 3.05) is 19.1 Å². The van der Waals surface area contributed by atoms with Crippen LogP contribution in [-0.2, 0) is 9.59 Å². The summed E-state index contributed by atoms with van der Waals surface area (Å²) in [7, 11) is 2.97. The average molecular weight is 468 g/mol. The van der Waals surface area contributed by atoms with Gasteiger partial charge in [-0.3, -0.25) is 14.5 Å². The van der Waals surface area contributed by atoms with Crippen LogP contribution in [0.2, 0.25) is 5.02 Å². The number of aliphatic hydroxyl groups excluding tert-OH is 1. The zero-order chi connectivity index (χ0) is 23.7. The van der Waals surface area contributed by atoms with Gasteiger partial charge in [-0.05, 0) is 60.2 Å². The Morgan fingerprint density at radius 1 is 0.970 bits per heavy atom. The minimum absolute atomic E-state index is 0.136. The monoisotopic (exact) mass is 467 g/mol. The summed E-state index contributed by atoms with van der Waals surface area (Å²) in [6.45, 7) is 0. The number of hydrogen-bond donors (Lipinski definition) is 1. The molecule has 3 aromatic carbocycles. The van der Waals surface area contributed by atoms with E-state index in [1.54, 1.807) is 30.3 Å². The Morgan fingerprint density at radius 3 is 2.21 bits per heavy atom. The largest absolute Gasteiger partial charge is 0.507 e. The maximum atomic E-state index is 13.6. The van der Waals surface area contributed by atoms with Crippen molar-refractivity contribution >= 4 is 34.7 Å². The summed E-state index contributed by atoms with van der Waals surface area (Å²) >= 11 is 6.19. The predicted octanol–water partition coefficient (Wildman–Crippen LogP) is 5.12. The van der Waals surface area contributed by atoms with Crippen molar-refractivity contribution in [3.8, 4) is 11.5 Å². The first-order valence-corrected chi connectivity index (χ1v) is 10.3. The summed E-state index contributed by atoms with van der Waals surface area (Å²) in [4.78, 5) is 27.5. The molecule has 1 aliphatic rings. The van der Waals surface area contributed by atoms with Crippen LogP contribution in [-0.4, -0.2) is 31.0 Å². The molecule has 1 atom stereocenters. The van der Waals surface area contributed by atoms with E-state index in [1.165, 1.54) is 55.5 Å². The van der Waals surface area contributed by atoms with Gasteiger partial charge in [-0.1, -0.05) is 23.7 Å². The fourth-order valence-electron chi connectivity index (χ4n) is 3.77. The second-order valence-corrected chi connectivity index (χ2v) is 7.68. The van der Waals surface area contributed by atoms with Crippen LogP contribution in [0.1, 0.15) is 17.2 Å². The number of benzene rings is 3. The van der Waals surface area contributed by atoms with E-state index in [0.717, 1.165) is 0 Å². The average Bonchev–Trinajstić information content (AvgIpc) is 3.09. The van der Waals surface area contributed by atoms with Crippen LogP contribution in [0.5, 0.6) is 11.5 Å². The Labute approximate surface area is 194 Å². The van der Waals surface area contributed by atoms with E-state index in [2.05, 4.69) is 0 Å². The number of anilines is 1. The van der Waals surface area contributed by atoms with Crippen molar-refractivity contribution < 1.29 is 28.6 Å². The maximum absolute atomic E-state index is 13.6. The molecule has 0 radical (unpaired) electrons. The molecule has 1 unspecified atom stereocenters. The highest BCUT2D eigenvalue weighted by atomic mass is 35.5. The van der Waals surface area contributed by atoms with Gasteiger partial charge in [-0.25, -0.2) is 4.39 Å². The maximum Gasteiger partial charge on any atom is 0.300 e. The van der Waals surface area contributed by atoms with Gasteiger partial charge in [0.1, 0.15) is 23.1 Å². The summed E-state index contributed by atoms with van der Waals surface area (Å²) in [6.07, 6.45) is 0. The Bertz CT molecular complexity index is 1250. The molecule has 1 fully saturated rings. The molecule has 1 amide bonds. The van der Waals surface area contributed by atoms with Crippen molar-refractivity contribution in [3.63, 3.8) is 0 Å². The van der Waals surface area contributed by atoms with Crippen molar-refractivity contribution in [3.05, 3.63) is 94.3 Å². The molecule has 8 heteroatoms. The molecule has 0 aliphatic carbocycles. The standard InChI is InChI=1S/C25H19ClFNO5/c1-32-18-10-8-17(9-11-18)28-22(14-3-6-16(27)7-4-14)21(24(30)25(28)31)23(29)15-5-12-20(33-2)19(26)13-15/h3-13,22,29H,1-2H3/b23-21-. The first-order valence-electron chi connectivity index (χ1n) is 9.90. The molecular weight excluding hydrogens is 449 g/mol. The minimum Gasteiger partial charge on any atom is -0.507 e. The summed E-state index contributed by atoms with van der Waals surface area (Å²) in [5.74, 6) is -1.60. The van der Waals surface area contributed by atoms with Crippen LogP contribution in [0.25, 0.3) is 5.76 Å². The van der Waals surface area contributed by atoms with Gasteiger partial charge in [-0.15, -0.1) is 0 Å². The van der Waals surface area contributed by atoms with Gasteiger partial charge in [-0.2, -0.15) is 0 Å². The summed E-state index contributed by atoms with van der Waals surface area (Å²) in [5.41, 5.74) is 0.968. The molecule has 3 aromatic rings. The molecule has 0 saturated carbocycles. The number of amides is 1. The van der Waals surface area contributed by atoms with E-state index >= 15 is 0 Å². The van der Waals surface area contributed by atoms with Gasteiger partial charge in [0.2, 0.25) is 0 Å². The number of nitrogens with zero attached hydrogens (tertiary/aromatic N) is 1. The van der Waals surface area contributed by atoms with Crippen molar-refractivity contribution in [2.24, 2.45) is 0 Å². The van der Waals surface area contributed by atoms with E-state index in [0.29, 0.717) is 22.7 Å². The van der Waals surface area contributed by atoms with Crippen molar-refractivity contribution in [1.82, 2.24) is 0 Å². The highest BCUT2D eigenvalue weighted by molar-refractivity contribution is 6.51. The third-order valence-corrected chi connectivity index (χ3v) is 5.70. The molecule has 0 aromatic heterocycles. The molecule has 4 rings (SSSR count). The number of methoxy groups -OCH3 is 2. The number of aliphatic hydroxyl groups is 1. The van der Waals surface area contributed by atoms with Gasteiger partial charge < -0.3 is 14.6 Å². The number of rotatable bonds is 5. The van der Waals surface area contributed by atoms with Gasteiger partial charge in [0, 0.05) is 11.3 Å². The van der Waals surface area contributed by atoms with Gasteiger partial charge in [0.25, 0.3) is 11.7 Å². The second-order valence-electron chi connectivity index (χ2n) is 7.27. The number of carbonyl (C=O) groups is 2. The minimum atomic E-state index is -0.986. The zero-order valence-electron chi connectivity index (χ0n) is 17.7. The quantitative estimate of drug-likeness (QED) is 0.320. The van der Waals surface area contributed by atoms with Crippen LogP contribution in [0.15, 0.2) is 72.3 Å². The highest BCUT2D eigenvalue weighted by Gasteiger charge is 2.47. The van der Waals surface area contributed by atoms with Gasteiger partial charge in [0.05, 0.1) is 30.9 Å². The van der Waals surface area contributed by atoms with E-state index in [-0.39, 0.29) is 16.2 Å². The fourth-order valence-corrected chi connectivity index (χ4v) is 4.03. The van der Waals surface area contributed by atoms with E-state index < -0.39 is 29.3 Å². The van der Waals surface area contributed by atoms with Crippen molar-refractivity contribution in [2.45, 2.75) is 6.04 Å². The van der Waals surface area contributed by atoms with E-state index in [4.69, 9.17) is 21.1 Å². The molecule has 1 aliphatic heterocycles. The first-order chi connectivity index (χ1) is 15.8. The molecule has 168 valence electrons. The topological polar surface area (TPSA) is 76.1 Å². The third kappa shape index (κ3) is 4.03. The lowest BCUT2D eigenvalue weighted by molar-refractivity contribution is -0.132. The van der Waals surface area contributed by atoms with Crippen LogP contribution < -0.4 is 14.4 Å². The molecule has 6 nitrogen and oxygen atoms in total. The SMILES string of the molecule is COc1ccc(N2C(=O)C(=O)/C(=C(\O)c3ccc(OC)c(Cl)c3)C2c2ccc(F)cc2)cc1. The molecule has 0 bridgehead atoms. The number of halogens is 2. The Balaban J connectivity index is 1.91. The molecule has 33 heavy (non-hydrogen) atoms. The van der Waals surface area contributed by atoms with E-state index in [9.17, 15) is 19.1 Å². The lowest BCUT2D eigenvalue weighted by Gasteiger charge is -2.25. The predicted molar refractivity (Wildman–Crippen MR) is 122 cm³/mol. The number of hydrogen-bond acceptors (Lipinski definition) is 5. The number of ether oxygens (including phenoxy) is 2. The number of ketones is 1. The zero-order valence-corrected chi connectivity index (χ0v) is 18.5. The van der Waals surface area contributed by atoms with Gasteiger partial charge >= 0.3 is 0 Å². The lowest BCUT2D eigenvalue weighted by Crippen LogP contribution is -2.29. The highest BCUT2D eigenvalue weighted by Crippen LogP contribution is 2.43. The molecule has 1 N–H and O–H groups in total. The normalized spacial score (nSPS) is 17.3. The summed E-state index contributed by atoms with van der Waals surface area (Å²) in [5, 5.41) is 11.3. The van der Waals surface area contributed by atoms with Gasteiger partial charge in [0.15, 0.2) is 0 Å². The molecule has 0 spiro atoms. The second kappa shape index (κ2) is 8.96. The smallest absolute Gasteiger partial charge is 0.300 e. The summed E-state index contributed by atoms with van der Waals surface area (Å²) < 4.78 is 23.9. The third-order valence-electron chi connectivity index (χ3n) is 5.41. The van der Waals surface area contributed by atoms with Crippen molar-refractivity contribution in [1.29, 1.82) is 0 Å². The Morgan fingerprint density at radius 2 is 1.64 bits per heavy atom. The molecule has 1 heterocycles. The Kier molecular flexibility index (Phi) is 6.07. The Hall–Kier alpha value is -3.84. The van der Waals surface area contributed by atoms with Crippen LogP contribution in [0, 0.1) is 5.82 Å². The molecular formula is C25H19ClFNO5. The lowest BCUT2D eigenvalue weighted by atomic mass is 9.95. The van der Waals surface area contributed by atoms with Crippen LogP contribution >= 0.6 is 11.6 Å². The summed E-state index contributed by atoms with van der Waals surface area (Å²) in [6, 6.07) is 15.5. The number of Topliss-reactive ketones (excluding diaryl/α,β-unsaturated/α-hetero) is 1. The first kappa shape index (κ1) is 22.4.